The summed E-state index contributed by atoms with van der Waals surface area (Å²) in [4.78, 5) is 15.6. The van der Waals surface area contributed by atoms with Crippen molar-refractivity contribution < 1.29 is 14.6 Å². The predicted octanol–water partition coefficient (Wildman–Crippen LogP) is 3.48. The predicted molar refractivity (Wildman–Crippen MR) is 90.3 cm³/mol. The smallest absolute Gasteiger partial charge is 0.335 e. The summed E-state index contributed by atoms with van der Waals surface area (Å²) in [6.07, 6.45) is 1.71. The fourth-order valence-corrected chi connectivity index (χ4v) is 2.87. The molecule has 0 saturated heterocycles. The van der Waals surface area contributed by atoms with E-state index in [1.165, 1.54) is 0 Å². The lowest BCUT2D eigenvalue weighted by atomic mass is 10.0. The maximum atomic E-state index is 11.3. The highest BCUT2D eigenvalue weighted by atomic mass is 16.5. The van der Waals surface area contributed by atoms with E-state index in [1.54, 1.807) is 31.5 Å². The number of carbonyl (C=O) groups is 1. The first-order valence-electron chi connectivity index (χ1n) is 7.32. The number of methoxy groups -OCH3 is 1. The number of hydrogen-bond acceptors (Lipinski definition) is 4. The number of hydrogen-bond donors (Lipinski definition) is 2. The maximum absolute atomic E-state index is 11.3. The van der Waals surface area contributed by atoms with Crippen molar-refractivity contribution in [3.05, 3.63) is 54.2 Å². The molecular formula is C18H13N3O3. The van der Waals surface area contributed by atoms with Crippen molar-refractivity contribution in [2.45, 2.75) is 0 Å². The molecule has 0 unspecified atom stereocenters. The number of H-pyrrole nitrogens is 1. The van der Waals surface area contributed by atoms with Crippen molar-refractivity contribution in [3.8, 4) is 17.0 Å². The summed E-state index contributed by atoms with van der Waals surface area (Å²) < 4.78 is 5.37. The zero-order chi connectivity index (χ0) is 16.7. The molecule has 0 saturated carbocycles. The van der Waals surface area contributed by atoms with Crippen LogP contribution in [0.3, 0.4) is 0 Å². The molecule has 0 aliphatic rings. The van der Waals surface area contributed by atoms with Gasteiger partial charge in [-0.05, 0) is 36.4 Å². The SMILES string of the molecule is COc1ccc(-c2n[nH]c3ccc(C(=O)O)cc23)c2cccnc12. The normalized spacial score (nSPS) is 11.0. The van der Waals surface area contributed by atoms with E-state index in [4.69, 9.17) is 4.74 Å². The van der Waals surface area contributed by atoms with Crippen LogP contribution in [0.1, 0.15) is 10.4 Å². The first kappa shape index (κ1) is 14.2. The first-order valence-corrected chi connectivity index (χ1v) is 7.32. The number of aromatic carboxylic acids is 1. The molecule has 6 nitrogen and oxygen atoms in total. The number of carboxylic acids is 1. The fourth-order valence-electron chi connectivity index (χ4n) is 2.87. The first-order chi connectivity index (χ1) is 11.7. The van der Waals surface area contributed by atoms with E-state index in [1.807, 2.05) is 24.3 Å². The van der Waals surface area contributed by atoms with Crippen LogP contribution in [0.4, 0.5) is 0 Å². The van der Waals surface area contributed by atoms with Gasteiger partial charge in [0.15, 0.2) is 0 Å². The number of pyridine rings is 1. The van der Waals surface area contributed by atoms with Gasteiger partial charge in [-0.25, -0.2) is 4.79 Å². The summed E-state index contributed by atoms with van der Waals surface area (Å²) in [5.41, 5.74) is 3.30. The summed E-state index contributed by atoms with van der Waals surface area (Å²) in [5, 5.41) is 18.2. The van der Waals surface area contributed by atoms with Gasteiger partial charge < -0.3 is 9.84 Å². The Morgan fingerprint density at radius 1 is 1.17 bits per heavy atom. The molecule has 2 N–H and O–H groups in total. The minimum absolute atomic E-state index is 0.223. The van der Waals surface area contributed by atoms with E-state index >= 15 is 0 Å². The Labute approximate surface area is 136 Å². The van der Waals surface area contributed by atoms with Crippen molar-refractivity contribution in [2.24, 2.45) is 0 Å². The van der Waals surface area contributed by atoms with Crippen LogP contribution in [-0.4, -0.2) is 33.4 Å². The molecule has 118 valence electrons. The van der Waals surface area contributed by atoms with E-state index in [0.29, 0.717) is 11.4 Å². The molecule has 0 fully saturated rings. The number of nitrogens with zero attached hydrogens (tertiary/aromatic N) is 2. The maximum Gasteiger partial charge on any atom is 0.335 e. The number of benzene rings is 2. The quantitative estimate of drug-likeness (QED) is 0.603. The van der Waals surface area contributed by atoms with Crippen LogP contribution in [0.25, 0.3) is 33.1 Å². The minimum atomic E-state index is -0.967. The third kappa shape index (κ3) is 2.08. The number of ether oxygens (including phenoxy) is 1. The molecule has 4 rings (SSSR count). The summed E-state index contributed by atoms with van der Waals surface area (Å²) in [7, 11) is 1.60. The monoisotopic (exact) mass is 319 g/mol. The molecule has 0 radical (unpaired) electrons. The van der Waals surface area contributed by atoms with Crippen molar-refractivity contribution in [1.82, 2.24) is 15.2 Å². The van der Waals surface area contributed by atoms with Gasteiger partial charge in [0, 0.05) is 22.5 Å². The highest BCUT2D eigenvalue weighted by molar-refractivity contribution is 6.05. The summed E-state index contributed by atoms with van der Waals surface area (Å²) in [6.45, 7) is 0. The van der Waals surface area contributed by atoms with Crippen molar-refractivity contribution in [3.63, 3.8) is 0 Å². The van der Waals surface area contributed by atoms with Crippen molar-refractivity contribution in [1.29, 1.82) is 0 Å². The van der Waals surface area contributed by atoms with Crippen LogP contribution >= 0.6 is 0 Å². The van der Waals surface area contributed by atoms with Gasteiger partial charge in [-0.2, -0.15) is 5.10 Å². The van der Waals surface area contributed by atoms with Gasteiger partial charge in [-0.3, -0.25) is 10.1 Å². The molecule has 2 aromatic heterocycles. The van der Waals surface area contributed by atoms with Crippen molar-refractivity contribution in [2.75, 3.05) is 7.11 Å². The number of carboxylic acid groups (broad SMARTS) is 1. The topological polar surface area (TPSA) is 88.1 Å². The molecule has 24 heavy (non-hydrogen) atoms. The van der Waals surface area contributed by atoms with E-state index in [0.717, 1.165) is 27.4 Å². The van der Waals surface area contributed by atoms with E-state index in [-0.39, 0.29) is 5.56 Å². The molecule has 2 heterocycles. The number of aromatic nitrogens is 3. The molecule has 0 aliphatic heterocycles. The van der Waals surface area contributed by atoms with E-state index in [2.05, 4.69) is 15.2 Å². The number of fused-ring (bicyclic) bond motifs is 2. The van der Waals surface area contributed by atoms with Crippen molar-refractivity contribution >= 4 is 27.8 Å². The van der Waals surface area contributed by atoms with Crippen LogP contribution in [0, 0.1) is 0 Å². The van der Waals surface area contributed by atoms with Crippen LogP contribution in [-0.2, 0) is 0 Å². The molecule has 0 amide bonds. The summed E-state index contributed by atoms with van der Waals surface area (Å²) in [5.74, 6) is -0.286. The largest absolute Gasteiger partial charge is 0.494 e. The summed E-state index contributed by atoms with van der Waals surface area (Å²) in [6, 6.07) is 12.4. The van der Waals surface area contributed by atoms with E-state index < -0.39 is 5.97 Å². The molecule has 2 aromatic carbocycles. The zero-order valence-corrected chi connectivity index (χ0v) is 12.8. The number of nitrogens with one attached hydrogen (secondary N) is 1. The zero-order valence-electron chi connectivity index (χ0n) is 12.8. The van der Waals surface area contributed by atoms with Gasteiger partial charge in [0.2, 0.25) is 0 Å². The molecule has 0 bridgehead atoms. The number of aromatic amines is 1. The lowest BCUT2D eigenvalue weighted by Crippen LogP contribution is -1.95. The average Bonchev–Trinajstić information content (AvgIpc) is 3.03. The second-order valence-electron chi connectivity index (χ2n) is 5.35. The third-order valence-electron chi connectivity index (χ3n) is 4.02. The lowest BCUT2D eigenvalue weighted by Gasteiger charge is -2.08. The third-order valence-corrected chi connectivity index (χ3v) is 4.02. The Hall–Kier alpha value is -3.41. The second-order valence-corrected chi connectivity index (χ2v) is 5.35. The lowest BCUT2D eigenvalue weighted by molar-refractivity contribution is 0.0697. The van der Waals surface area contributed by atoms with Crippen LogP contribution < -0.4 is 4.74 Å². The molecule has 0 aliphatic carbocycles. The van der Waals surface area contributed by atoms with Gasteiger partial charge in [0.25, 0.3) is 0 Å². The highest BCUT2D eigenvalue weighted by Gasteiger charge is 2.15. The van der Waals surface area contributed by atoms with Gasteiger partial charge in [0.1, 0.15) is 17.0 Å². The van der Waals surface area contributed by atoms with Gasteiger partial charge in [-0.15, -0.1) is 0 Å². The Morgan fingerprint density at radius 2 is 2.04 bits per heavy atom. The van der Waals surface area contributed by atoms with Crippen LogP contribution in [0.2, 0.25) is 0 Å². The Kier molecular flexibility index (Phi) is 3.16. The van der Waals surface area contributed by atoms with E-state index in [9.17, 15) is 9.90 Å². The van der Waals surface area contributed by atoms with Gasteiger partial charge >= 0.3 is 5.97 Å². The van der Waals surface area contributed by atoms with Crippen LogP contribution in [0.15, 0.2) is 48.7 Å². The Bertz CT molecular complexity index is 1090. The molecule has 6 heteroatoms. The second kappa shape index (κ2) is 5.34. The average molecular weight is 319 g/mol. The minimum Gasteiger partial charge on any atom is -0.494 e. The van der Waals surface area contributed by atoms with Gasteiger partial charge in [-0.1, -0.05) is 6.07 Å². The number of rotatable bonds is 3. The molecule has 0 atom stereocenters. The molecule has 0 spiro atoms. The van der Waals surface area contributed by atoms with Crippen LogP contribution in [0.5, 0.6) is 5.75 Å². The summed E-state index contributed by atoms with van der Waals surface area (Å²) >= 11 is 0. The molecular weight excluding hydrogens is 306 g/mol. The molecule has 4 aromatic rings. The van der Waals surface area contributed by atoms with Gasteiger partial charge in [0.05, 0.1) is 18.2 Å². The standard InChI is InChI=1S/C18H13N3O3/c1-24-15-7-5-12(11-3-2-8-19-17(11)15)16-13-9-10(18(22)23)4-6-14(13)20-21-16/h2-9H,1H3,(H,20,21)(H,22,23). The fraction of sp³-hybridized carbons (Fsp3) is 0.0556. The highest BCUT2D eigenvalue weighted by Crippen LogP contribution is 2.35. The Balaban J connectivity index is 2.03. The Morgan fingerprint density at radius 3 is 2.83 bits per heavy atom.